The minimum absolute atomic E-state index is 0.343. The van der Waals surface area contributed by atoms with Crippen molar-refractivity contribution in [3.05, 3.63) is 46.5 Å². The van der Waals surface area contributed by atoms with E-state index < -0.39 is 0 Å². The van der Waals surface area contributed by atoms with Crippen LogP contribution in [0.5, 0.6) is 0 Å². The molecule has 4 rings (SSSR count). The molecule has 24 heavy (non-hydrogen) atoms. The highest BCUT2D eigenvalue weighted by molar-refractivity contribution is 9.10. The molecule has 1 aliphatic heterocycles. The summed E-state index contributed by atoms with van der Waals surface area (Å²) in [5.74, 6) is 2.53. The van der Waals surface area contributed by atoms with Gasteiger partial charge < -0.3 is 10.6 Å². The van der Waals surface area contributed by atoms with Crippen LogP contribution in [0.1, 0.15) is 30.1 Å². The molecule has 3 unspecified atom stereocenters. The average molecular weight is 389 g/mol. The zero-order valence-corrected chi connectivity index (χ0v) is 15.2. The lowest BCUT2D eigenvalue weighted by Gasteiger charge is -2.25. The normalized spacial score (nSPS) is 25.9. The molecule has 1 aliphatic carbocycles. The van der Waals surface area contributed by atoms with Gasteiger partial charge in [0.2, 0.25) is 0 Å². The van der Waals surface area contributed by atoms with Crippen LogP contribution >= 0.6 is 15.9 Å². The van der Waals surface area contributed by atoms with Gasteiger partial charge in [-0.25, -0.2) is 9.67 Å². The first-order valence-corrected chi connectivity index (χ1v) is 9.14. The second-order valence-electron chi connectivity index (χ2n) is 6.46. The fraction of sp³-hybridized carbons (Fsp3) is 0.471. The van der Waals surface area contributed by atoms with E-state index in [1.165, 1.54) is 5.56 Å². The Kier molecular flexibility index (Phi) is 4.26. The van der Waals surface area contributed by atoms with E-state index in [9.17, 15) is 0 Å². The maximum atomic E-state index is 4.39. The molecular formula is C17H21BrN6. The number of nitrogens with one attached hydrogen (secondary N) is 2. The van der Waals surface area contributed by atoms with Gasteiger partial charge >= 0.3 is 0 Å². The van der Waals surface area contributed by atoms with E-state index in [1.54, 1.807) is 6.33 Å². The summed E-state index contributed by atoms with van der Waals surface area (Å²) in [4.78, 5) is 8.66. The molecule has 0 amide bonds. The molecule has 1 aromatic carbocycles. The van der Waals surface area contributed by atoms with Gasteiger partial charge in [0.1, 0.15) is 12.2 Å². The summed E-state index contributed by atoms with van der Waals surface area (Å²) in [6.45, 7) is 0.844. The Balaban J connectivity index is 1.32. The van der Waals surface area contributed by atoms with Gasteiger partial charge in [0.25, 0.3) is 0 Å². The van der Waals surface area contributed by atoms with Crippen molar-refractivity contribution in [2.75, 3.05) is 7.05 Å². The third kappa shape index (κ3) is 3.31. The first-order valence-electron chi connectivity index (χ1n) is 8.35. The van der Waals surface area contributed by atoms with Gasteiger partial charge in [0, 0.05) is 35.9 Å². The lowest BCUT2D eigenvalue weighted by atomic mass is 10.1. The zero-order chi connectivity index (χ0) is 16.5. The number of aromatic nitrogens is 3. The molecule has 2 aliphatic rings. The van der Waals surface area contributed by atoms with Crippen LogP contribution in [0.4, 0.5) is 0 Å². The van der Waals surface area contributed by atoms with Crippen LogP contribution in [0, 0.1) is 0 Å². The van der Waals surface area contributed by atoms with Gasteiger partial charge in [0.05, 0.1) is 6.54 Å². The Bertz CT molecular complexity index is 738. The Hall–Kier alpha value is -1.89. The molecule has 1 aromatic heterocycles. The van der Waals surface area contributed by atoms with Crippen molar-refractivity contribution in [2.45, 2.75) is 43.8 Å². The number of benzene rings is 1. The molecule has 0 spiro atoms. The maximum Gasteiger partial charge on any atom is 0.191 e. The number of aryl methyl sites for hydroxylation is 1. The third-order valence-corrected chi connectivity index (χ3v) is 5.31. The summed E-state index contributed by atoms with van der Waals surface area (Å²) in [5.41, 5.74) is 1.39. The lowest BCUT2D eigenvalue weighted by Crippen LogP contribution is -2.47. The highest BCUT2D eigenvalue weighted by atomic mass is 79.9. The predicted octanol–water partition coefficient (Wildman–Crippen LogP) is 2.08. The van der Waals surface area contributed by atoms with Crippen molar-refractivity contribution in [1.29, 1.82) is 0 Å². The lowest BCUT2D eigenvalue weighted by molar-refractivity contribution is 0.392. The summed E-state index contributed by atoms with van der Waals surface area (Å²) in [7, 11) is 1.83. The van der Waals surface area contributed by atoms with E-state index in [2.05, 4.69) is 65.9 Å². The van der Waals surface area contributed by atoms with Crippen LogP contribution in [0.2, 0.25) is 0 Å². The van der Waals surface area contributed by atoms with Crippen molar-refractivity contribution >= 4 is 21.9 Å². The number of aliphatic imine (C=N–C) groups is 1. The predicted molar refractivity (Wildman–Crippen MR) is 97.0 cm³/mol. The average Bonchev–Trinajstić information content (AvgIpc) is 3.20. The molecule has 2 aromatic rings. The van der Waals surface area contributed by atoms with Gasteiger partial charge in [0.15, 0.2) is 5.96 Å². The van der Waals surface area contributed by atoms with Crippen LogP contribution in [-0.2, 0) is 13.0 Å². The molecule has 0 bridgehead atoms. The summed E-state index contributed by atoms with van der Waals surface area (Å²) >= 11 is 3.49. The Morgan fingerprint density at radius 1 is 1.29 bits per heavy atom. The van der Waals surface area contributed by atoms with Crippen LogP contribution < -0.4 is 10.6 Å². The molecule has 6 nitrogen and oxygen atoms in total. The molecule has 0 radical (unpaired) electrons. The van der Waals surface area contributed by atoms with Gasteiger partial charge in [-0.15, -0.1) is 0 Å². The summed E-state index contributed by atoms with van der Waals surface area (Å²) < 4.78 is 3.11. The van der Waals surface area contributed by atoms with E-state index in [1.807, 2.05) is 11.7 Å². The number of hydrogen-bond acceptors (Lipinski definition) is 3. The van der Waals surface area contributed by atoms with E-state index in [-0.39, 0.29) is 0 Å². The molecule has 2 N–H and O–H groups in total. The number of guanidine groups is 1. The SMILES string of the molecule is CN=C(NC1CCc2ncnn2C1)NC1CC1c1ccc(Br)cc1. The van der Waals surface area contributed by atoms with E-state index in [0.717, 1.165) is 42.1 Å². The molecule has 0 saturated heterocycles. The van der Waals surface area contributed by atoms with Crippen LogP contribution in [0.3, 0.4) is 0 Å². The number of nitrogens with zero attached hydrogens (tertiary/aromatic N) is 4. The molecular weight excluding hydrogens is 368 g/mol. The topological polar surface area (TPSA) is 67.1 Å². The zero-order valence-electron chi connectivity index (χ0n) is 13.6. The van der Waals surface area contributed by atoms with E-state index in [0.29, 0.717) is 18.0 Å². The van der Waals surface area contributed by atoms with Gasteiger partial charge in [-0.1, -0.05) is 28.1 Å². The van der Waals surface area contributed by atoms with Crippen LogP contribution in [0.25, 0.3) is 0 Å². The number of rotatable bonds is 3. The van der Waals surface area contributed by atoms with Crippen molar-refractivity contribution in [1.82, 2.24) is 25.4 Å². The Labute approximate surface area is 149 Å². The second kappa shape index (κ2) is 6.55. The smallest absolute Gasteiger partial charge is 0.191 e. The van der Waals surface area contributed by atoms with Crippen LogP contribution in [-0.4, -0.2) is 39.9 Å². The maximum absolute atomic E-state index is 4.39. The molecule has 3 atom stereocenters. The monoisotopic (exact) mass is 388 g/mol. The summed E-state index contributed by atoms with van der Waals surface area (Å²) in [6.07, 6.45) is 4.80. The quantitative estimate of drug-likeness (QED) is 0.623. The number of hydrogen-bond donors (Lipinski definition) is 2. The van der Waals surface area contributed by atoms with Gasteiger partial charge in [-0.2, -0.15) is 5.10 Å². The van der Waals surface area contributed by atoms with Crippen molar-refractivity contribution < 1.29 is 0 Å². The highest BCUT2D eigenvalue weighted by Gasteiger charge is 2.39. The fourth-order valence-corrected chi connectivity index (χ4v) is 3.59. The molecule has 2 heterocycles. The van der Waals surface area contributed by atoms with Crippen molar-refractivity contribution in [3.8, 4) is 0 Å². The Morgan fingerprint density at radius 2 is 2.12 bits per heavy atom. The van der Waals surface area contributed by atoms with Crippen molar-refractivity contribution in [3.63, 3.8) is 0 Å². The minimum Gasteiger partial charge on any atom is -0.353 e. The minimum atomic E-state index is 0.343. The van der Waals surface area contributed by atoms with Gasteiger partial charge in [-0.05, 0) is 30.5 Å². The van der Waals surface area contributed by atoms with Gasteiger partial charge in [-0.3, -0.25) is 4.99 Å². The molecule has 126 valence electrons. The van der Waals surface area contributed by atoms with Crippen LogP contribution in [0.15, 0.2) is 40.1 Å². The fourth-order valence-electron chi connectivity index (χ4n) is 3.33. The standard InChI is InChI=1S/C17H21BrN6/c1-19-17(22-13-6-7-16-20-10-21-24(16)9-13)23-15-8-14(15)11-2-4-12(18)5-3-11/h2-5,10,13-15H,6-9H2,1H3,(H2,19,22,23). The van der Waals surface area contributed by atoms with Crippen molar-refractivity contribution in [2.24, 2.45) is 4.99 Å². The highest BCUT2D eigenvalue weighted by Crippen LogP contribution is 2.41. The number of fused-ring (bicyclic) bond motifs is 1. The summed E-state index contributed by atoms with van der Waals surface area (Å²) in [5, 5.41) is 11.4. The largest absolute Gasteiger partial charge is 0.353 e. The first kappa shape index (κ1) is 15.6. The molecule has 7 heteroatoms. The number of halogens is 1. The molecule has 1 fully saturated rings. The van der Waals surface area contributed by atoms with E-state index >= 15 is 0 Å². The third-order valence-electron chi connectivity index (χ3n) is 4.78. The Morgan fingerprint density at radius 3 is 2.92 bits per heavy atom. The summed E-state index contributed by atoms with van der Waals surface area (Å²) in [6, 6.07) is 9.41. The molecule has 1 saturated carbocycles. The van der Waals surface area contributed by atoms with E-state index in [4.69, 9.17) is 0 Å². The first-order chi connectivity index (χ1) is 11.7. The second-order valence-corrected chi connectivity index (χ2v) is 7.37.